The number of nitrogens with two attached hydrogens (primary N) is 1. The van der Waals surface area contributed by atoms with E-state index >= 15 is 0 Å². The van der Waals surface area contributed by atoms with E-state index in [1.165, 1.54) is 4.68 Å². The van der Waals surface area contributed by atoms with Gasteiger partial charge in [0.15, 0.2) is 5.82 Å². The molecule has 18 heavy (non-hydrogen) atoms. The number of aryl methyl sites for hydroxylation is 1. The molecule has 0 spiro atoms. The van der Waals surface area contributed by atoms with Crippen molar-refractivity contribution < 1.29 is 8.42 Å². The summed E-state index contributed by atoms with van der Waals surface area (Å²) in [6, 6.07) is 0. The summed E-state index contributed by atoms with van der Waals surface area (Å²) in [5.41, 5.74) is 6.84. The summed E-state index contributed by atoms with van der Waals surface area (Å²) in [6.45, 7) is 1.79. The molecule has 0 saturated heterocycles. The molecule has 0 saturated carbocycles. The Morgan fingerprint density at radius 1 is 1.56 bits per heavy atom. The largest absolute Gasteiger partial charge is 0.381 e. The highest BCUT2D eigenvalue weighted by molar-refractivity contribution is 7.89. The van der Waals surface area contributed by atoms with Gasteiger partial charge in [0.2, 0.25) is 10.0 Å². The van der Waals surface area contributed by atoms with Crippen molar-refractivity contribution in [2.24, 2.45) is 7.05 Å². The van der Waals surface area contributed by atoms with Crippen LogP contribution in [0.25, 0.3) is 0 Å². The summed E-state index contributed by atoms with van der Waals surface area (Å²) >= 11 is 0. The van der Waals surface area contributed by atoms with Gasteiger partial charge in [-0.1, -0.05) is 0 Å². The molecule has 4 N–H and O–H groups in total. The number of sulfonamides is 1. The number of aromatic nitrogens is 4. The van der Waals surface area contributed by atoms with Crippen LogP contribution in [0.2, 0.25) is 0 Å². The molecule has 0 aliphatic carbocycles. The maximum Gasteiger partial charge on any atom is 0.246 e. The average molecular weight is 270 g/mol. The van der Waals surface area contributed by atoms with Gasteiger partial charge in [-0.3, -0.25) is 9.78 Å². The first-order valence-electron chi connectivity index (χ1n) is 5.18. The average Bonchev–Trinajstić information content (AvgIpc) is 2.86. The van der Waals surface area contributed by atoms with Crippen LogP contribution in [0.1, 0.15) is 11.3 Å². The van der Waals surface area contributed by atoms with E-state index in [1.807, 2.05) is 0 Å². The standard InChI is InChI=1S/C9H14N6O2S/c1-6-8(9(10)14-15(6)2)18(16,17)13-5-7-3-11-12-4-7/h3-4,13H,5H2,1-2H3,(H2,10,14)(H,11,12). The minimum atomic E-state index is -3.68. The van der Waals surface area contributed by atoms with Crippen molar-refractivity contribution in [2.75, 3.05) is 5.73 Å². The lowest BCUT2D eigenvalue weighted by atomic mass is 10.4. The zero-order valence-corrected chi connectivity index (χ0v) is 10.8. The molecule has 2 aromatic rings. The highest BCUT2D eigenvalue weighted by atomic mass is 32.2. The van der Waals surface area contributed by atoms with E-state index in [0.29, 0.717) is 5.69 Å². The number of anilines is 1. The molecule has 0 atom stereocenters. The monoisotopic (exact) mass is 270 g/mol. The van der Waals surface area contributed by atoms with Crippen LogP contribution >= 0.6 is 0 Å². The minimum absolute atomic E-state index is 0.00491. The predicted molar refractivity (Wildman–Crippen MR) is 65.0 cm³/mol. The first-order valence-corrected chi connectivity index (χ1v) is 6.66. The molecule has 0 aliphatic heterocycles. The zero-order valence-electron chi connectivity index (χ0n) is 10.0. The maximum atomic E-state index is 12.1. The molecular weight excluding hydrogens is 256 g/mol. The summed E-state index contributed by atoms with van der Waals surface area (Å²) < 4.78 is 28.1. The number of nitrogen functional groups attached to an aromatic ring is 1. The molecule has 0 amide bonds. The van der Waals surface area contributed by atoms with Crippen LogP contribution in [-0.2, 0) is 23.6 Å². The molecule has 2 aromatic heterocycles. The Labute approximate surface area is 104 Å². The zero-order chi connectivity index (χ0) is 13.3. The lowest BCUT2D eigenvalue weighted by molar-refractivity contribution is 0.580. The minimum Gasteiger partial charge on any atom is -0.381 e. The van der Waals surface area contributed by atoms with Gasteiger partial charge in [-0.15, -0.1) is 0 Å². The lowest BCUT2D eigenvalue weighted by Crippen LogP contribution is -2.24. The fraction of sp³-hybridized carbons (Fsp3) is 0.333. The van der Waals surface area contributed by atoms with Crippen molar-refractivity contribution in [3.8, 4) is 0 Å². The number of hydrogen-bond acceptors (Lipinski definition) is 5. The highest BCUT2D eigenvalue weighted by Crippen LogP contribution is 2.20. The van der Waals surface area contributed by atoms with E-state index in [1.54, 1.807) is 26.4 Å². The van der Waals surface area contributed by atoms with E-state index in [4.69, 9.17) is 5.73 Å². The Bertz CT molecular complexity index is 643. The molecule has 9 heteroatoms. The predicted octanol–water partition coefficient (Wildman–Crippen LogP) is -0.488. The molecule has 8 nitrogen and oxygen atoms in total. The number of rotatable bonds is 4. The van der Waals surface area contributed by atoms with Crippen LogP contribution in [0.3, 0.4) is 0 Å². The molecule has 0 aromatic carbocycles. The molecule has 0 unspecified atom stereocenters. The van der Waals surface area contributed by atoms with Crippen molar-refractivity contribution >= 4 is 15.8 Å². The Hall–Kier alpha value is -1.87. The van der Waals surface area contributed by atoms with Gasteiger partial charge in [0.25, 0.3) is 0 Å². The van der Waals surface area contributed by atoms with Crippen molar-refractivity contribution in [1.82, 2.24) is 24.7 Å². The van der Waals surface area contributed by atoms with Crippen molar-refractivity contribution in [2.45, 2.75) is 18.4 Å². The molecule has 0 radical (unpaired) electrons. The number of nitrogens with one attached hydrogen (secondary N) is 2. The summed E-state index contributed by atoms with van der Waals surface area (Å²) in [7, 11) is -2.04. The SMILES string of the molecule is Cc1c(S(=O)(=O)NCc2cn[nH]c2)c(N)nn1C. The Morgan fingerprint density at radius 2 is 2.28 bits per heavy atom. The summed E-state index contributed by atoms with van der Waals surface area (Å²) in [5.74, 6) is -0.00491. The summed E-state index contributed by atoms with van der Waals surface area (Å²) in [6.07, 6.45) is 3.16. The van der Waals surface area contributed by atoms with Gasteiger partial charge in [0, 0.05) is 25.4 Å². The van der Waals surface area contributed by atoms with Gasteiger partial charge in [0.1, 0.15) is 4.90 Å². The molecule has 0 fully saturated rings. The maximum absolute atomic E-state index is 12.1. The number of hydrogen-bond donors (Lipinski definition) is 3. The van der Waals surface area contributed by atoms with E-state index in [2.05, 4.69) is 20.0 Å². The smallest absolute Gasteiger partial charge is 0.246 e. The number of nitrogens with zero attached hydrogens (tertiary/aromatic N) is 3. The van der Waals surface area contributed by atoms with Crippen LogP contribution in [0.15, 0.2) is 17.3 Å². The third kappa shape index (κ3) is 2.22. The van der Waals surface area contributed by atoms with Crippen LogP contribution < -0.4 is 10.5 Å². The molecule has 0 bridgehead atoms. The van der Waals surface area contributed by atoms with Gasteiger partial charge in [-0.25, -0.2) is 13.1 Å². The highest BCUT2D eigenvalue weighted by Gasteiger charge is 2.24. The molecule has 2 heterocycles. The second-order valence-corrected chi connectivity index (χ2v) is 5.56. The second-order valence-electron chi connectivity index (χ2n) is 3.85. The normalized spacial score (nSPS) is 11.9. The first-order chi connectivity index (χ1) is 8.42. The second kappa shape index (κ2) is 4.42. The molecule has 0 aliphatic rings. The van der Waals surface area contributed by atoms with E-state index in [-0.39, 0.29) is 17.3 Å². The fourth-order valence-electron chi connectivity index (χ4n) is 1.57. The Balaban J connectivity index is 2.26. The van der Waals surface area contributed by atoms with Crippen LogP contribution in [0, 0.1) is 6.92 Å². The lowest BCUT2D eigenvalue weighted by Gasteiger charge is -2.05. The van der Waals surface area contributed by atoms with Crippen molar-refractivity contribution in [3.05, 3.63) is 23.7 Å². The molecule has 2 rings (SSSR count). The van der Waals surface area contributed by atoms with Crippen molar-refractivity contribution in [1.29, 1.82) is 0 Å². The number of H-pyrrole nitrogens is 1. The Kier molecular flexibility index (Phi) is 3.09. The summed E-state index contributed by atoms with van der Waals surface area (Å²) in [4.78, 5) is 0.0218. The quantitative estimate of drug-likeness (QED) is 0.693. The van der Waals surface area contributed by atoms with Gasteiger partial charge in [0.05, 0.1) is 11.9 Å². The van der Waals surface area contributed by atoms with Crippen LogP contribution in [-0.4, -0.2) is 28.4 Å². The van der Waals surface area contributed by atoms with Gasteiger partial charge >= 0.3 is 0 Å². The molecular formula is C9H14N6O2S. The van der Waals surface area contributed by atoms with E-state index < -0.39 is 10.0 Å². The van der Waals surface area contributed by atoms with E-state index in [0.717, 1.165) is 5.56 Å². The van der Waals surface area contributed by atoms with Crippen LogP contribution in [0.4, 0.5) is 5.82 Å². The van der Waals surface area contributed by atoms with Gasteiger partial charge in [-0.05, 0) is 6.92 Å². The molecule has 98 valence electrons. The summed E-state index contributed by atoms with van der Waals surface area (Å²) in [5, 5.41) is 10.2. The third-order valence-electron chi connectivity index (χ3n) is 2.59. The fourth-order valence-corrected chi connectivity index (χ4v) is 2.91. The van der Waals surface area contributed by atoms with Gasteiger partial charge < -0.3 is 5.73 Å². The van der Waals surface area contributed by atoms with Crippen molar-refractivity contribution in [3.63, 3.8) is 0 Å². The van der Waals surface area contributed by atoms with Crippen LogP contribution in [0.5, 0.6) is 0 Å². The Morgan fingerprint density at radius 3 is 2.78 bits per heavy atom. The number of aromatic amines is 1. The van der Waals surface area contributed by atoms with E-state index in [9.17, 15) is 8.42 Å². The first kappa shape index (κ1) is 12.6. The third-order valence-corrected chi connectivity index (χ3v) is 4.16. The van der Waals surface area contributed by atoms with Gasteiger partial charge in [-0.2, -0.15) is 10.2 Å². The topological polar surface area (TPSA) is 119 Å².